The molecule has 2 atom stereocenters. The molecule has 0 radical (unpaired) electrons. The number of nitrogens with zero attached hydrogens (tertiary/aromatic N) is 3. The van der Waals surface area contributed by atoms with E-state index in [1.165, 1.54) is 23.1 Å². The zero-order valence-electron chi connectivity index (χ0n) is 21.1. The Labute approximate surface area is 212 Å². The highest BCUT2D eigenvalue weighted by Crippen LogP contribution is 2.23. The molecule has 2 amide bonds. The maximum atomic E-state index is 13.6. The Morgan fingerprint density at radius 1 is 1.06 bits per heavy atom. The van der Waals surface area contributed by atoms with E-state index < -0.39 is 33.4 Å². The van der Waals surface area contributed by atoms with Gasteiger partial charge in [0.25, 0.3) is 5.69 Å². The second kappa shape index (κ2) is 13.0. The highest BCUT2D eigenvalue weighted by atomic mass is 32.2. The topological polar surface area (TPSA) is 130 Å². The molecule has 2 aromatic carbocycles. The van der Waals surface area contributed by atoms with Crippen molar-refractivity contribution in [2.45, 2.75) is 52.1 Å². The van der Waals surface area contributed by atoms with Crippen LogP contribution >= 0.6 is 0 Å². The summed E-state index contributed by atoms with van der Waals surface area (Å²) in [6, 6.07) is 13.7. The fraction of sp³-hybridized carbons (Fsp3) is 0.440. The van der Waals surface area contributed by atoms with Crippen LogP contribution in [0.2, 0.25) is 0 Å². The van der Waals surface area contributed by atoms with Crippen molar-refractivity contribution in [3.8, 4) is 0 Å². The number of nitro groups is 1. The van der Waals surface area contributed by atoms with E-state index in [0.29, 0.717) is 12.8 Å². The molecule has 0 unspecified atom stereocenters. The number of rotatable bonds is 13. The van der Waals surface area contributed by atoms with Crippen LogP contribution in [-0.2, 0) is 26.0 Å². The van der Waals surface area contributed by atoms with Crippen molar-refractivity contribution < 1.29 is 22.9 Å². The molecule has 0 heterocycles. The van der Waals surface area contributed by atoms with Gasteiger partial charge in [-0.2, -0.15) is 0 Å². The van der Waals surface area contributed by atoms with Crippen LogP contribution in [0.5, 0.6) is 0 Å². The molecule has 10 nitrogen and oxygen atoms in total. The van der Waals surface area contributed by atoms with Crippen LogP contribution in [0.4, 0.5) is 11.4 Å². The summed E-state index contributed by atoms with van der Waals surface area (Å²) in [6.45, 7) is 5.20. The SMILES string of the molecule is CC[C@@H](C)NC(=O)[C@@H](CC)N(CCc1ccccc1)C(=O)CN(c1cccc([N+](=O)[O-])c1)S(C)(=O)=O. The lowest BCUT2D eigenvalue weighted by Gasteiger charge is -2.33. The maximum Gasteiger partial charge on any atom is 0.271 e. The molecule has 0 fully saturated rings. The summed E-state index contributed by atoms with van der Waals surface area (Å²) in [6.07, 6.45) is 2.45. The Hall–Kier alpha value is -3.47. The molecule has 36 heavy (non-hydrogen) atoms. The van der Waals surface area contributed by atoms with Crippen molar-refractivity contribution in [3.05, 3.63) is 70.3 Å². The van der Waals surface area contributed by atoms with Crippen LogP contribution in [0.25, 0.3) is 0 Å². The first-order valence-corrected chi connectivity index (χ1v) is 13.7. The summed E-state index contributed by atoms with van der Waals surface area (Å²) in [7, 11) is -3.97. The van der Waals surface area contributed by atoms with Gasteiger partial charge in [0.1, 0.15) is 12.6 Å². The lowest BCUT2D eigenvalue weighted by Crippen LogP contribution is -2.54. The number of nitrogens with one attached hydrogen (secondary N) is 1. The molecule has 1 N–H and O–H groups in total. The Kier molecular flexibility index (Phi) is 10.4. The number of hydrogen-bond acceptors (Lipinski definition) is 6. The largest absolute Gasteiger partial charge is 0.352 e. The second-order valence-electron chi connectivity index (χ2n) is 8.61. The Morgan fingerprint density at radius 2 is 1.72 bits per heavy atom. The van der Waals surface area contributed by atoms with Crippen molar-refractivity contribution in [1.29, 1.82) is 0 Å². The third kappa shape index (κ3) is 8.04. The molecule has 2 rings (SSSR count). The zero-order chi connectivity index (χ0) is 26.9. The Bertz CT molecular complexity index is 1160. The standard InChI is InChI=1S/C25H34N4O6S/c1-5-19(3)26-25(31)23(6-2)27(16-15-20-11-8-7-9-12-20)24(30)18-28(36(4,34)35)21-13-10-14-22(17-21)29(32)33/h7-14,17,19,23H,5-6,15-16,18H2,1-4H3,(H,26,31)/t19-,23-/m1/s1. The van der Waals surface area contributed by atoms with E-state index in [-0.39, 0.29) is 29.9 Å². The third-order valence-electron chi connectivity index (χ3n) is 5.88. The van der Waals surface area contributed by atoms with Crippen molar-refractivity contribution in [2.75, 3.05) is 23.7 Å². The zero-order valence-corrected chi connectivity index (χ0v) is 21.9. The van der Waals surface area contributed by atoms with Gasteiger partial charge in [0, 0.05) is 24.7 Å². The molecule has 0 aromatic heterocycles. The van der Waals surface area contributed by atoms with E-state index in [0.717, 1.165) is 28.6 Å². The van der Waals surface area contributed by atoms with Crippen LogP contribution in [0.1, 0.15) is 39.2 Å². The fourth-order valence-electron chi connectivity index (χ4n) is 3.71. The van der Waals surface area contributed by atoms with E-state index in [1.54, 1.807) is 6.92 Å². The number of non-ortho nitro benzene ring substituents is 1. The molecule has 0 bridgehead atoms. The number of anilines is 1. The monoisotopic (exact) mass is 518 g/mol. The van der Waals surface area contributed by atoms with Crippen LogP contribution in [0, 0.1) is 10.1 Å². The van der Waals surface area contributed by atoms with E-state index in [9.17, 15) is 28.1 Å². The first kappa shape index (κ1) is 28.8. The van der Waals surface area contributed by atoms with Crippen molar-refractivity contribution >= 4 is 33.2 Å². The molecule has 0 aliphatic heterocycles. The lowest BCUT2D eigenvalue weighted by molar-refractivity contribution is -0.384. The van der Waals surface area contributed by atoms with E-state index >= 15 is 0 Å². The quantitative estimate of drug-likeness (QED) is 0.320. The van der Waals surface area contributed by atoms with E-state index in [4.69, 9.17) is 0 Å². The summed E-state index contributed by atoms with van der Waals surface area (Å²) in [5.74, 6) is -0.886. The van der Waals surface area contributed by atoms with Gasteiger partial charge in [-0.25, -0.2) is 8.42 Å². The summed E-state index contributed by atoms with van der Waals surface area (Å²) in [5.41, 5.74) is 0.667. The van der Waals surface area contributed by atoms with Gasteiger partial charge in [-0.1, -0.05) is 50.2 Å². The first-order chi connectivity index (χ1) is 17.0. The molecule has 0 saturated heterocycles. The van der Waals surface area contributed by atoms with E-state index in [2.05, 4.69) is 5.32 Å². The maximum absolute atomic E-state index is 13.6. The molecule has 0 saturated carbocycles. The minimum absolute atomic E-state index is 0.000152. The molecule has 2 aromatic rings. The molecule has 196 valence electrons. The number of carbonyl (C=O) groups excluding carboxylic acids is 2. The number of amides is 2. The normalized spacial score (nSPS) is 12.9. The Balaban J connectivity index is 2.40. The van der Waals surface area contributed by atoms with Gasteiger partial charge < -0.3 is 10.2 Å². The van der Waals surface area contributed by atoms with Gasteiger partial charge in [-0.05, 0) is 37.8 Å². The Morgan fingerprint density at radius 3 is 2.28 bits per heavy atom. The smallest absolute Gasteiger partial charge is 0.271 e. The first-order valence-electron chi connectivity index (χ1n) is 11.8. The highest BCUT2D eigenvalue weighted by Gasteiger charge is 2.32. The number of nitro benzene ring substituents is 1. The molecule has 0 spiro atoms. The predicted molar refractivity (Wildman–Crippen MR) is 139 cm³/mol. The minimum Gasteiger partial charge on any atom is -0.352 e. The third-order valence-corrected chi connectivity index (χ3v) is 7.02. The summed E-state index contributed by atoms with van der Waals surface area (Å²) < 4.78 is 26.1. The van der Waals surface area contributed by atoms with Gasteiger partial charge in [0.15, 0.2) is 0 Å². The molecule has 0 aliphatic rings. The van der Waals surface area contributed by atoms with Gasteiger partial charge in [0.2, 0.25) is 21.8 Å². The van der Waals surface area contributed by atoms with Crippen LogP contribution < -0.4 is 9.62 Å². The molecular formula is C25H34N4O6S. The number of benzene rings is 2. The average molecular weight is 519 g/mol. The number of hydrogen-bond donors (Lipinski definition) is 1. The molecule has 11 heteroatoms. The van der Waals surface area contributed by atoms with Crippen LogP contribution in [-0.4, -0.2) is 61.5 Å². The molecular weight excluding hydrogens is 484 g/mol. The van der Waals surface area contributed by atoms with Crippen molar-refractivity contribution in [1.82, 2.24) is 10.2 Å². The van der Waals surface area contributed by atoms with Gasteiger partial charge in [0.05, 0.1) is 16.9 Å². The summed E-state index contributed by atoms with van der Waals surface area (Å²) in [4.78, 5) is 38.6. The predicted octanol–water partition coefficient (Wildman–Crippen LogP) is 3.13. The summed E-state index contributed by atoms with van der Waals surface area (Å²) in [5, 5.41) is 14.1. The van der Waals surface area contributed by atoms with Crippen molar-refractivity contribution in [3.63, 3.8) is 0 Å². The van der Waals surface area contributed by atoms with Gasteiger partial charge in [-0.3, -0.25) is 24.0 Å². The second-order valence-corrected chi connectivity index (χ2v) is 10.5. The van der Waals surface area contributed by atoms with Gasteiger partial charge in [-0.15, -0.1) is 0 Å². The average Bonchev–Trinajstić information content (AvgIpc) is 2.84. The minimum atomic E-state index is -3.97. The van der Waals surface area contributed by atoms with Crippen LogP contribution in [0.15, 0.2) is 54.6 Å². The molecule has 0 aliphatic carbocycles. The summed E-state index contributed by atoms with van der Waals surface area (Å²) >= 11 is 0. The van der Waals surface area contributed by atoms with Gasteiger partial charge >= 0.3 is 0 Å². The number of carbonyl (C=O) groups is 2. The highest BCUT2D eigenvalue weighted by molar-refractivity contribution is 7.92. The lowest BCUT2D eigenvalue weighted by atomic mass is 10.1. The van der Waals surface area contributed by atoms with Crippen LogP contribution in [0.3, 0.4) is 0 Å². The number of sulfonamides is 1. The van der Waals surface area contributed by atoms with Crippen molar-refractivity contribution in [2.24, 2.45) is 0 Å². The fourth-order valence-corrected chi connectivity index (χ4v) is 4.55. The van der Waals surface area contributed by atoms with E-state index in [1.807, 2.05) is 44.2 Å².